The second kappa shape index (κ2) is 7.52. The number of amides is 1. The molecule has 28 heavy (non-hydrogen) atoms. The van der Waals surface area contributed by atoms with Crippen molar-refractivity contribution in [1.29, 1.82) is 0 Å². The second-order valence-electron chi connectivity index (χ2n) is 6.81. The maximum absolute atomic E-state index is 13.3. The van der Waals surface area contributed by atoms with Gasteiger partial charge in [-0.3, -0.25) is 18.9 Å². The van der Waals surface area contributed by atoms with E-state index < -0.39 is 0 Å². The Morgan fingerprint density at radius 2 is 2.07 bits per heavy atom. The van der Waals surface area contributed by atoms with Crippen LogP contribution >= 0.6 is 24.0 Å². The summed E-state index contributed by atoms with van der Waals surface area (Å²) >= 11 is 6.53. The summed E-state index contributed by atoms with van der Waals surface area (Å²) in [6.45, 7) is 7.68. The average molecular weight is 413 g/mol. The lowest BCUT2D eigenvalue weighted by atomic mass is 10.2. The molecule has 2 aromatic heterocycles. The topological polar surface area (TPSA) is 57.9 Å². The second-order valence-corrected chi connectivity index (χ2v) is 8.49. The van der Waals surface area contributed by atoms with Crippen LogP contribution in [0.2, 0.25) is 0 Å². The number of hydrogen-bond donors (Lipinski definition) is 0. The zero-order valence-electron chi connectivity index (χ0n) is 15.6. The quantitative estimate of drug-likeness (QED) is 0.437. The highest BCUT2D eigenvalue weighted by Gasteiger charge is 2.32. The zero-order chi connectivity index (χ0) is 19.8. The van der Waals surface area contributed by atoms with E-state index in [0.29, 0.717) is 32.8 Å². The standard InChI is InChI=1S/C20H20N4O2S2/c1-3-8-24-19(26)15(28-20(24)27)12-14-17(22-9-4-5-10-22)21-16-13(2)7-6-11-23(16)18(14)25/h3,6-7,11-12H,1,4-5,8-10H2,2H3. The third-order valence-corrected chi connectivity index (χ3v) is 6.31. The molecule has 4 heterocycles. The van der Waals surface area contributed by atoms with Crippen molar-refractivity contribution in [3.63, 3.8) is 0 Å². The molecule has 2 saturated heterocycles. The van der Waals surface area contributed by atoms with Crippen LogP contribution in [0.15, 0.2) is 40.7 Å². The van der Waals surface area contributed by atoms with Crippen LogP contribution < -0.4 is 10.5 Å². The van der Waals surface area contributed by atoms with E-state index in [9.17, 15) is 9.59 Å². The van der Waals surface area contributed by atoms with Gasteiger partial charge in [-0.2, -0.15) is 0 Å². The van der Waals surface area contributed by atoms with Crippen molar-refractivity contribution in [2.45, 2.75) is 19.8 Å². The minimum atomic E-state index is -0.198. The van der Waals surface area contributed by atoms with Crippen molar-refractivity contribution < 1.29 is 4.79 Å². The minimum Gasteiger partial charge on any atom is -0.356 e. The molecule has 8 heteroatoms. The molecular formula is C20H20N4O2S2. The largest absolute Gasteiger partial charge is 0.356 e. The molecule has 0 N–H and O–H groups in total. The van der Waals surface area contributed by atoms with Gasteiger partial charge in [-0.1, -0.05) is 36.1 Å². The van der Waals surface area contributed by atoms with E-state index in [0.717, 1.165) is 31.5 Å². The molecule has 0 saturated carbocycles. The molecule has 1 amide bonds. The Labute approximate surface area is 172 Å². The Hall–Kier alpha value is -2.45. The van der Waals surface area contributed by atoms with Crippen molar-refractivity contribution in [2.75, 3.05) is 24.5 Å². The van der Waals surface area contributed by atoms with Gasteiger partial charge in [0.05, 0.1) is 10.5 Å². The summed E-state index contributed by atoms with van der Waals surface area (Å²) in [5, 5.41) is 0. The number of rotatable bonds is 4. The third kappa shape index (κ3) is 3.16. The Morgan fingerprint density at radius 3 is 2.79 bits per heavy atom. The van der Waals surface area contributed by atoms with Crippen LogP contribution in [-0.4, -0.2) is 44.1 Å². The van der Waals surface area contributed by atoms with Crippen molar-refractivity contribution >= 4 is 51.7 Å². The van der Waals surface area contributed by atoms with Crippen LogP contribution in [0.4, 0.5) is 5.82 Å². The molecule has 0 bridgehead atoms. The van der Waals surface area contributed by atoms with E-state index in [1.54, 1.807) is 22.7 Å². The number of anilines is 1. The van der Waals surface area contributed by atoms with Gasteiger partial charge in [0.2, 0.25) is 0 Å². The number of pyridine rings is 1. The molecule has 0 aromatic carbocycles. The lowest BCUT2D eigenvalue weighted by Gasteiger charge is -2.20. The van der Waals surface area contributed by atoms with Gasteiger partial charge < -0.3 is 4.90 Å². The molecule has 0 unspecified atom stereocenters. The molecule has 2 aliphatic rings. The van der Waals surface area contributed by atoms with Crippen molar-refractivity contribution in [2.24, 2.45) is 0 Å². The van der Waals surface area contributed by atoms with E-state index >= 15 is 0 Å². The Morgan fingerprint density at radius 1 is 1.32 bits per heavy atom. The molecule has 0 atom stereocenters. The van der Waals surface area contributed by atoms with Gasteiger partial charge in [0, 0.05) is 25.8 Å². The number of aryl methyl sites for hydroxylation is 1. The summed E-state index contributed by atoms with van der Waals surface area (Å²) in [5.74, 6) is 0.446. The first-order chi connectivity index (χ1) is 13.5. The highest BCUT2D eigenvalue weighted by molar-refractivity contribution is 8.26. The zero-order valence-corrected chi connectivity index (χ0v) is 17.2. The number of thioether (sulfide) groups is 1. The van der Waals surface area contributed by atoms with Crippen LogP contribution in [0.5, 0.6) is 0 Å². The SMILES string of the molecule is C=CCN1C(=O)C(=Cc2c(N3CCCC3)nc3c(C)cccn3c2=O)SC1=S. The molecule has 6 nitrogen and oxygen atoms in total. The normalized spacial score (nSPS) is 18.7. The number of carbonyl (C=O) groups excluding carboxylic acids is 1. The lowest BCUT2D eigenvalue weighted by molar-refractivity contribution is -0.121. The summed E-state index contributed by atoms with van der Waals surface area (Å²) in [7, 11) is 0. The number of carbonyl (C=O) groups is 1. The fourth-order valence-corrected chi connectivity index (χ4v) is 4.77. The van der Waals surface area contributed by atoms with Gasteiger partial charge in [0.25, 0.3) is 11.5 Å². The molecule has 0 spiro atoms. The van der Waals surface area contributed by atoms with Crippen molar-refractivity contribution in [1.82, 2.24) is 14.3 Å². The van der Waals surface area contributed by atoms with Crippen LogP contribution in [0.1, 0.15) is 24.0 Å². The fourth-order valence-electron chi connectivity index (χ4n) is 3.51. The van der Waals surface area contributed by atoms with Gasteiger partial charge in [-0.15, -0.1) is 6.58 Å². The molecule has 2 aliphatic heterocycles. The molecule has 2 aromatic rings. The van der Waals surface area contributed by atoms with E-state index in [4.69, 9.17) is 17.2 Å². The first-order valence-corrected chi connectivity index (χ1v) is 10.4. The van der Waals surface area contributed by atoms with Crippen LogP contribution in [0, 0.1) is 6.92 Å². The number of hydrogen-bond acceptors (Lipinski definition) is 6. The molecule has 0 aliphatic carbocycles. The van der Waals surface area contributed by atoms with Crippen LogP contribution in [-0.2, 0) is 4.79 Å². The number of fused-ring (bicyclic) bond motifs is 1. The van der Waals surface area contributed by atoms with E-state index in [-0.39, 0.29) is 11.5 Å². The maximum atomic E-state index is 13.3. The Kier molecular flexibility index (Phi) is 5.07. The summed E-state index contributed by atoms with van der Waals surface area (Å²) in [4.78, 5) is 34.9. The number of nitrogens with zero attached hydrogens (tertiary/aromatic N) is 4. The summed E-state index contributed by atoms with van der Waals surface area (Å²) < 4.78 is 2.02. The minimum absolute atomic E-state index is 0.176. The summed E-state index contributed by atoms with van der Waals surface area (Å²) in [6.07, 6.45) is 7.13. The number of thiocarbonyl (C=S) groups is 1. The van der Waals surface area contributed by atoms with Gasteiger partial charge in [-0.05, 0) is 37.5 Å². The molecule has 2 fully saturated rings. The molecule has 0 radical (unpaired) electrons. The Balaban J connectivity index is 1.90. The first kappa shape index (κ1) is 18.9. The Bertz CT molecular complexity index is 1080. The monoisotopic (exact) mass is 412 g/mol. The first-order valence-electron chi connectivity index (χ1n) is 9.14. The molecule has 144 valence electrons. The highest BCUT2D eigenvalue weighted by Crippen LogP contribution is 2.33. The van der Waals surface area contributed by atoms with E-state index in [1.807, 2.05) is 19.1 Å². The highest BCUT2D eigenvalue weighted by atomic mass is 32.2. The van der Waals surface area contributed by atoms with Crippen molar-refractivity contribution in [3.05, 3.63) is 57.4 Å². The van der Waals surface area contributed by atoms with Crippen LogP contribution in [0.25, 0.3) is 11.7 Å². The van der Waals surface area contributed by atoms with Gasteiger partial charge in [0.1, 0.15) is 15.8 Å². The van der Waals surface area contributed by atoms with Crippen LogP contribution in [0.3, 0.4) is 0 Å². The predicted octanol–water partition coefficient (Wildman–Crippen LogP) is 2.99. The van der Waals surface area contributed by atoms with Gasteiger partial charge in [0.15, 0.2) is 0 Å². The van der Waals surface area contributed by atoms with E-state index in [1.165, 1.54) is 16.7 Å². The predicted molar refractivity (Wildman–Crippen MR) is 118 cm³/mol. The smallest absolute Gasteiger partial charge is 0.267 e. The molecule has 4 rings (SSSR count). The molecular weight excluding hydrogens is 392 g/mol. The third-order valence-electron chi connectivity index (χ3n) is 4.93. The van der Waals surface area contributed by atoms with Crippen molar-refractivity contribution in [3.8, 4) is 0 Å². The lowest BCUT2D eigenvalue weighted by Crippen LogP contribution is -2.29. The summed E-state index contributed by atoms with van der Waals surface area (Å²) in [5.41, 5.74) is 1.84. The average Bonchev–Trinajstić information content (AvgIpc) is 3.29. The van der Waals surface area contributed by atoms with Gasteiger partial charge >= 0.3 is 0 Å². The van der Waals surface area contributed by atoms with E-state index in [2.05, 4.69) is 11.5 Å². The maximum Gasteiger partial charge on any atom is 0.267 e. The summed E-state index contributed by atoms with van der Waals surface area (Å²) in [6, 6.07) is 3.77. The van der Waals surface area contributed by atoms with Gasteiger partial charge in [-0.25, -0.2) is 4.98 Å². The fraction of sp³-hybridized carbons (Fsp3) is 0.300. The number of aromatic nitrogens is 2.